The first kappa shape index (κ1) is 50.2. The van der Waals surface area contributed by atoms with E-state index >= 15 is 0 Å². The van der Waals surface area contributed by atoms with E-state index in [2.05, 4.69) is 97.1 Å². The standard InChI is InChI=1S/C80H50O6/c81-75-65(51-39-35-49(36-40-51)61-31-11-19-45-15-1-5-27-57(45)61)71-69-70-72(78(84)77(71)83)66(52-41-37-50(38-42-52)62-32-12-20-46-16-2-6-28-58(46)62)76(82)68(56-26-10-24-54(44-56)64-34-14-22-48-18-4-8-30-60(48)64)74(70)80(86)79(85)73(69)67(75)55-25-9-23-53(43-55)63-33-13-21-47-17-3-7-29-59(47)63/h1-44,81-86H. The van der Waals surface area contributed by atoms with Gasteiger partial charge in [0.15, 0.2) is 23.0 Å². The molecule has 86 heavy (non-hydrogen) atoms. The fourth-order valence-electron chi connectivity index (χ4n) is 13.7. The van der Waals surface area contributed by atoms with Crippen molar-refractivity contribution in [1.29, 1.82) is 0 Å². The average Bonchev–Trinajstić information content (AvgIpc) is 0.755. The Kier molecular flexibility index (Phi) is 11.4. The van der Waals surface area contributed by atoms with Crippen molar-refractivity contribution in [3.05, 3.63) is 267 Å². The van der Waals surface area contributed by atoms with E-state index in [1.54, 1.807) is 0 Å². The van der Waals surface area contributed by atoms with Crippen LogP contribution in [0.5, 0.6) is 34.5 Å². The van der Waals surface area contributed by atoms with Gasteiger partial charge in [0, 0.05) is 54.6 Å². The molecule has 0 amide bonds. The Morgan fingerprint density at radius 3 is 0.709 bits per heavy atom. The van der Waals surface area contributed by atoms with E-state index in [1.165, 1.54) is 0 Å². The van der Waals surface area contributed by atoms with E-state index in [4.69, 9.17) is 0 Å². The molecule has 0 aliphatic rings. The van der Waals surface area contributed by atoms with Crippen molar-refractivity contribution in [2.24, 2.45) is 0 Å². The first-order chi connectivity index (χ1) is 42.2. The second-order valence-corrected chi connectivity index (χ2v) is 22.3. The summed E-state index contributed by atoms with van der Waals surface area (Å²) in [4.78, 5) is 0. The van der Waals surface area contributed by atoms with Crippen LogP contribution in [-0.2, 0) is 0 Å². The molecule has 0 fully saturated rings. The first-order valence-corrected chi connectivity index (χ1v) is 28.7. The van der Waals surface area contributed by atoms with Gasteiger partial charge < -0.3 is 30.6 Å². The van der Waals surface area contributed by atoms with Crippen LogP contribution in [-0.4, -0.2) is 30.6 Å². The molecule has 0 saturated carbocycles. The molecule has 16 rings (SSSR count). The van der Waals surface area contributed by atoms with Gasteiger partial charge in [-0.1, -0.05) is 255 Å². The average molecular weight is 1110 g/mol. The lowest BCUT2D eigenvalue weighted by molar-refractivity contribution is 0.410. The fourth-order valence-corrected chi connectivity index (χ4v) is 13.7. The van der Waals surface area contributed by atoms with Crippen LogP contribution in [0.4, 0.5) is 0 Å². The minimum atomic E-state index is -0.592. The van der Waals surface area contributed by atoms with Gasteiger partial charge in [-0.2, -0.15) is 0 Å². The van der Waals surface area contributed by atoms with Gasteiger partial charge in [-0.3, -0.25) is 0 Å². The number of phenols is 6. The summed E-state index contributed by atoms with van der Waals surface area (Å²) in [5.41, 5.74) is 10.2. The van der Waals surface area contributed by atoms with Gasteiger partial charge in [0.05, 0.1) is 0 Å². The number of aromatic hydroxyl groups is 6. The molecule has 0 saturated heterocycles. The minimum absolute atomic E-state index is 0.0346. The normalized spacial score (nSPS) is 11.8. The van der Waals surface area contributed by atoms with E-state index in [1.807, 2.05) is 170 Å². The monoisotopic (exact) mass is 1110 g/mol. The Balaban J connectivity index is 1.03. The molecule has 0 atom stereocenters. The van der Waals surface area contributed by atoms with Crippen LogP contribution in [0.15, 0.2) is 267 Å². The number of hydrogen-bond donors (Lipinski definition) is 6. The minimum Gasteiger partial charge on any atom is -0.507 e. The van der Waals surface area contributed by atoms with Gasteiger partial charge in [0.2, 0.25) is 0 Å². The lowest BCUT2D eigenvalue weighted by atomic mass is 9.78. The molecule has 6 N–H and O–H groups in total. The highest BCUT2D eigenvalue weighted by molar-refractivity contribution is 6.39. The van der Waals surface area contributed by atoms with Crippen molar-refractivity contribution < 1.29 is 30.6 Å². The third-order valence-corrected chi connectivity index (χ3v) is 17.6. The highest BCUT2D eigenvalue weighted by Gasteiger charge is 2.35. The maximum absolute atomic E-state index is 13.4. The Labute approximate surface area is 493 Å². The third-order valence-electron chi connectivity index (χ3n) is 17.6. The summed E-state index contributed by atoms with van der Waals surface area (Å²) >= 11 is 0. The van der Waals surface area contributed by atoms with E-state index in [0.717, 1.165) is 87.6 Å². The number of phenolic OH excluding ortho intramolecular Hbond substituents is 6. The summed E-state index contributed by atoms with van der Waals surface area (Å²) in [7, 11) is 0. The van der Waals surface area contributed by atoms with Crippen LogP contribution in [0.25, 0.3) is 164 Å². The Morgan fingerprint density at radius 1 is 0.163 bits per heavy atom. The highest BCUT2D eigenvalue weighted by Crippen LogP contribution is 2.64. The molecule has 0 aromatic heterocycles. The van der Waals surface area contributed by atoms with Gasteiger partial charge in [-0.15, -0.1) is 0 Å². The summed E-state index contributed by atoms with van der Waals surface area (Å²) in [6.07, 6.45) is 0. The van der Waals surface area contributed by atoms with Gasteiger partial charge in [0.1, 0.15) is 11.5 Å². The molecule has 0 bridgehead atoms. The van der Waals surface area contributed by atoms with Gasteiger partial charge in [0.25, 0.3) is 0 Å². The van der Waals surface area contributed by atoms with E-state index in [9.17, 15) is 30.6 Å². The molecule has 6 nitrogen and oxygen atoms in total. The second kappa shape index (κ2) is 19.5. The summed E-state index contributed by atoms with van der Waals surface area (Å²) in [5.74, 6) is -2.97. The predicted octanol–water partition coefficient (Wildman–Crippen LogP) is 20.8. The molecule has 0 aliphatic carbocycles. The van der Waals surface area contributed by atoms with Gasteiger partial charge in [-0.25, -0.2) is 0 Å². The Morgan fingerprint density at radius 2 is 0.395 bits per heavy atom. The Hall–Kier alpha value is -11.6. The van der Waals surface area contributed by atoms with Crippen LogP contribution >= 0.6 is 0 Å². The van der Waals surface area contributed by atoms with Crippen LogP contribution < -0.4 is 0 Å². The van der Waals surface area contributed by atoms with Crippen molar-refractivity contribution in [2.75, 3.05) is 0 Å². The van der Waals surface area contributed by atoms with Crippen LogP contribution in [0, 0.1) is 0 Å². The zero-order valence-electron chi connectivity index (χ0n) is 46.1. The van der Waals surface area contributed by atoms with Crippen LogP contribution in [0.2, 0.25) is 0 Å². The van der Waals surface area contributed by atoms with Crippen LogP contribution in [0.1, 0.15) is 0 Å². The van der Waals surface area contributed by atoms with Crippen molar-refractivity contribution in [2.45, 2.75) is 0 Å². The molecule has 0 spiro atoms. The number of rotatable bonds is 8. The summed E-state index contributed by atoms with van der Waals surface area (Å²) < 4.78 is 0. The third kappa shape index (κ3) is 7.60. The quantitative estimate of drug-likeness (QED) is 0.0666. The van der Waals surface area contributed by atoms with E-state index in [0.29, 0.717) is 22.3 Å². The zero-order chi connectivity index (χ0) is 57.9. The highest BCUT2D eigenvalue weighted by atomic mass is 16.3. The number of fused-ring (bicyclic) bond motifs is 4. The van der Waals surface area contributed by atoms with E-state index in [-0.39, 0.29) is 66.1 Å². The number of hydrogen-bond acceptors (Lipinski definition) is 6. The smallest absolute Gasteiger partial charge is 0.166 e. The molecule has 0 unspecified atom stereocenters. The molecule has 0 radical (unpaired) electrons. The molecule has 0 heterocycles. The topological polar surface area (TPSA) is 121 Å². The molecular formula is C80H50O6. The second-order valence-electron chi connectivity index (χ2n) is 22.3. The molecule has 0 aliphatic heterocycles. The SMILES string of the molecule is Oc1c(-c2ccc(-c3cccc4ccccc34)cc2)c2c(O)c(O)c3c(-c4ccc(-c5cccc6ccccc56)cc4)c(O)c(-c4cccc(-c5cccc6ccccc56)c4)c4c(O)c(O)c(c1-c1cccc(-c5cccc6ccccc56)c1)c2c34. The molecule has 16 aromatic carbocycles. The van der Waals surface area contributed by atoms with Crippen molar-refractivity contribution in [3.8, 4) is 124 Å². The predicted molar refractivity (Wildman–Crippen MR) is 354 cm³/mol. The lowest BCUT2D eigenvalue weighted by Crippen LogP contribution is -1.98. The molecule has 16 aromatic rings. The molecule has 406 valence electrons. The first-order valence-electron chi connectivity index (χ1n) is 28.7. The molecular weight excluding hydrogens is 1060 g/mol. The van der Waals surface area contributed by atoms with Crippen molar-refractivity contribution >= 4 is 75.4 Å². The maximum atomic E-state index is 13.4. The van der Waals surface area contributed by atoms with Crippen LogP contribution in [0.3, 0.4) is 0 Å². The number of benzene rings is 16. The Bertz CT molecular complexity index is 5110. The van der Waals surface area contributed by atoms with Gasteiger partial charge >= 0.3 is 0 Å². The van der Waals surface area contributed by atoms with E-state index < -0.39 is 23.0 Å². The fraction of sp³-hybridized carbons (Fsp3) is 0. The van der Waals surface area contributed by atoms with Crippen molar-refractivity contribution in [3.63, 3.8) is 0 Å². The molecule has 6 heteroatoms. The zero-order valence-corrected chi connectivity index (χ0v) is 46.1. The summed E-state index contributed by atoms with van der Waals surface area (Å²) in [5, 5.41) is 88.5. The largest absolute Gasteiger partial charge is 0.507 e. The summed E-state index contributed by atoms with van der Waals surface area (Å²) in [6, 6.07) is 88.3. The van der Waals surface area contributed by atoms with Crippen molar-refractivity contribution in [1.82, 2.24) is 0 Å². The summed E-state index contributed by atoms with van der Waals surface area (Å²) in [6.45, 7) is 0. The maximum Gasteiger partial charge on any atom is 0.166 e. The lowest BCUT2D eigenvalue weighted by Gasteiger charge is -2.26. The van der Waals surface area contributed by atoms with Gasteiger partial charge in [-0.05, 0) is 122 Å².